The Labute approximate surface area is 449 Å². The molecule has 9 rings (SSSR count). The maximum absolute atomic E-state index is 14.7. The highest BCUT2D eigenvalue weighted by atomic mass is 16.8. The summed E-state index contributed by atoms with van der Waals surface area (Å²) in [5.41, 5.74) is -0.887. The Morgan fingerprint density at radius 1 is 0.519 bits per heavy atom. The average molecular weight is 1110 g/mol. The fourth-order valence-electron chi connectivity index (χ4n) is 16.5. The lowest BCUT2D eigenvalue weighted by molar-refractivity contribution is -0.383. The summed E-state index contributed by atoms with van der Waals surface area (Å²) in [6.07, 6.45) is -23.8. The highest BCUT2D eigenvalue weighted by Gasteiger charge is 2.70. The molecule has 0 spiro atoms. The third kappa shape index (κ3) is 9.80. The van der Waals surface area contributed by atoms with Gasteiger partial charge < -0.3 is 109 Å². The van der Waals surface area contributed by atoms with Crippen molar-refractivity contribution in [1.82, 2.24) is 0 Å². The third-order valence-electron chi connectivity index (χ3n) is 21.4. The largest absolute Gasteiger partial charge is 0.432 e. The van der Waals surface area contributed by atoms with Crippen molar-refractivity contribution >= 4 is 5.97 Å². The highest BCUT2D eigenvalue weighted by Crippen LogP contribution is 2.76. The van der Waals surface area contributed by atoms with E-state index in [1.807, 2.05) is 0 Å². The molecule has 14 N–H and O–H groups in total. The third-order valence-corrected chi connectivity index (χ3v) is 21.4. The van der Waals surface area contributed by atoms with E-state index >= 15 is 0 Å². The molecule has 0 amide bonds. The van der Waals surface area contributed by atoms with Crippen LogP contribution in [0.5, 0.6) is 0 Å². The summed E-state index contributed by atoms with van der Waals surface area (Å²) in [7, 11) is 0. The van der Waals surface area contributed by atoms with E-state index in [9.17, 15) is 76.3 Å². The molecular weight excluding hydrogens is 1020 g/mol. The van der Waals surface area contributed by atoms with E-state index in [1.165, 1.54) is 5.57 Å². The van der Waals surface area contributed by atoms with Crippen LogP contribution in [0.3, 0.4) is 0 Å². The average Bonchev–Trinajstić information content (AvgIpc) is 3.55. The maximum atomic E-state index is 14.7. The van der Waals surface area contributed by atoms with Crippen molar-refractivity contribution in [3.8, 4) is 0 Å². The van der Waals surface area contributed by atoms with Crippen LogP contribution in [0.25, 0.3) is 0 Å². The molecule has 4 saturated carbocycles. The van der Waals surface area contributed by atoms with Crippen LogP contribution >= 0.6 is 0 Å². The van der Waals surface area contributed by atoms with Gasteiger partial charge in [-0.25, -0.2) is 0 Å². The first-order valence-corrected chi connectivity index (χ1v) is 27.8. The normalized spacial score (nSPS) is 53.4. The fraction of sp³-hybridized carbons (Fsp3) is 0.944. The van der Waals surface area contributed by atoms with E-state index in [4.69, 9.17) is 37.9 Å². The zero-order valence-corrected chi connectivity index (χ0v) is 45.3. The molecule has 4 aliphatic heterocycles. The topological polar surface area (TPSA) is 374 Å². The number of allylic oxidation sites excluding steroid dienone is 2. The van der Waals surface area contributed by atoms with Gasteiger partial charge in [0.2, 0.25) is 6.29 Å². The highest BCUT2D eigenvalue weighted by molar-refractivity contribution is 5.79. The predicted molar refractivity (Wildman–Crippen MR) is 263 cm³/mol. The molecule has 0 radical (unpaired) electrons. The van der Waals surface area contributed by atoms with Crippen molar-refractivity contribution in [3.05, 3.63) is 11.6 Å². The van der Waals surface area contributed by atoms with Crippen LogP contribution in [0.2, 0.25) is 0 Å². The number of rotatable bonds is 12. The van der Waals surface area contributed by atoms with Crippen molar-refractivity contribution in [2.24, 2.45) is 50.2 Å². The number of aliphatic hydroxyl groups excluding tert-OH is 14. The van der Waals surface area contributed by atoms with E-state index in [0.29, 0.717) is 25.7 Å². The molecule has 28 atom stereocenters. The second-order valence-corrected chi connectivity index (χ2v) is 26.3. The lowest BCUT2D eigenvalue weighted by Gasteiger charge is -2.71. The summed E-state index contributed by atoms with van der Waals surface area (Å²) in [6.45, 7) is 13.0. The van der Waals surface area contributed by atoms with Crippen LogP contribution in [0.4, 0.5) is 0 Å². The van der Waals surface area contributed by atoms with E-state index in [1.54, 1.807) is 0 Å². The smallest absolute Gasteiger partial charge is 0.315 e. The van der Waals surface area contributed by atoms with Gasteiger partial charge in [0.1, 0.15) is 97.7 Å². The molecule has 3 unspecified atom stereocenters. The number of ether oxygens (including phenoxy) is 8. The van der Waals surface area contributed by atoms with Crippen LogP contribution in [0.15, 0.2) is 11.6 Å². The molecule has 8 fully saturated rings. The number of aliphatic hydroxyl groups is 14. The summed E-state index contributed by atoms with van der Waals surface area (Å²) in [5.74, 6) is -0.303. The first kappa shape index (κ1) is 60.0. The van der Waals surface area contributed by atoms with E-state index in [0.717, 1.165) is 38.5 Å². The van der Waals surface area contributed by atoms with E-state index in [-0.39, 0.29) is 39.4 Å². The van der Waals surface area contributed by atoms with Gasteiger partial charge in [-0.3, -0.25) is 4.79 Å². The first-order chi connectivity index (χ1) is 36.1. The van der Waals surface area contributed by atoms with Crippen molar-refractivity contribution in [3.63, 3.8) is 0 Å². The van der Waals surface area contributed by atoms with Gasteiger partial charge in [-0.2, -0.15) is 0 Å². The molecule has 442 valence electrons. The number of hydrogen-bond donors (Lipinski definition) is 14. The predicted octanol–water partition coefficient (Wildman–Crippen LogP) is -2.04. The summed E-state index contributed by atoms with van der Waals surface area (Å²) in [6, 6.07) is 0. The van der Waals surface area contributed by atoms with Crippen LogP contribution in [0, 0.1) is 50.2 Å². The number of carbonyl (C=O) groups excluding carboxylic acids is 1. The van der Waals surface area contributed by atoms with Crippen LogP contribution < -0.4 is 0 Å². The summed E-state index contributed by atoms with van der Waals surface area (Å²) >= 11 is 0. The monoisotopic (exact) mass is 1100 g/mol. The standard InChI is InChI=1S/C54H88O23/c1-49(2)14-16-54(48(69)77-47-39(66)35(62)33(60)26(20-56)71-47)17-15-52(6)23(24(54)18-49)8-9-30-51(5)12-11-31(50(3,4)29(51)10-13-53(30,52)7)74-44-40(67)36(63)42(27(21-57)72-44)76-46-41(68)37(64)43(28(22-58)73-46)75-45-38(65)34(61)32(59)25(19-55)70-45/h8,24-47,55-68H,9-22H2,1-7H3/t24?,25-,26-,27-,28-,29?,30?,31+,32-,33-,34+,35+,36-,37-,38-,39-,40-,41-,42-,43-,44+,45+,46-,47+,51+,52-,53-,54+/m1/s1. The molecule has 4 heterocycles. The Bertz CT molecular complexity index is 2110. The van der Waals surface area contributed by atoms with Gasteiger partial charge in [-0.05, 0) is 109 Å². The molecule has 5 aliphatic carbocycles. The van der Waals surface area contributed by atoms with Crippen molar-refractivity contribution in [2.45, 2.75) is 242 Å². The van der Waals surface area contributed by atoms with Gasteiger partial charge in [-0.15, -0.1) is 0 Å². The molecule has 0 aromatic heterocycles. The molecule has 23 heteroatoms. The van der Waals surface area contributed by atoms with Gasteiger partial charge in [-0.1, -0.05) is 60.1 Å². The van der Waals surface area contributed by atoms with Crippen molar-refractivity contribution < 1.29 is 114 Å². The van der Waals surface area contributed by atoms with E-state index in [2.05, 4.69) is 54.5 Å². The van der Waals surface area contributed by atoms with Crippen LogP contribution in [-0.2, 0) is 42.7 Å². The molecular formula is C54H88O23. The lowest BCUT2D eigenvalue weighted by Crippen LogP contribution is -2.67. The Morgan fingerprint density at radius 2 is 0.987 bits per heavy atom. The molecule has 4 saturated heterocycles. The number of esters is 1. The number of hydrogen-bond acceptors (Lipinski definition) is 23. The molecule has 9 aliphatic rings. The van der Waals surface area contributed by atoms with Crippen LogP contribution in [-0.4, -0.2) is 233 Å². The van der Waals surface area contributed by atoms with Gasteiger partial charge in [0, 0.05) is 0 Å². The minimum atomic E-state index is -1.96. The van der Waals surface area contributed by atoms with Crippen molar-refractivity contribution in [1.29, 1.82) is 0 Å². The maximum Gasteiger partial charge on any atom is 0.315 e. The number of carbonyl (C=O) groups is 1. The minimum absolute atomic E-state index is 0.0815. The first-order valence-electron chi connectivity index (χ1n) is 27.8. The number of fused-ring (bicyclic) bond motifs is 7. The summed E-state index contributed by atoms with van der Waals surface area (Å²) in [5, 5.41) is 149. The molecule has 0 bridgehead atoms. The Balaban J connectivity index is 0.877. The van der Waals surface area contributed by atoms with Crippen molar-refractivity contribution in [2.75, 3.05) is 26.4 Å². The summed E-state index contributed by atoms with van der Waals surface area (Å²) < 4.78 is 47.2. The molecule has 77 heavy (non-hydrogen) atoms. The second-order valence-electron chi connectivity index (χ2n) is 26.3. The van der Waals surface area contributed by atoms with E-state index < -0.39 is 172 Å². The fourth-order valence-corrected chi connectivity index (χ4v) is 16.5. The Morgan fingerprint density at radius 3 is 1.52 bits per heavy atom. The Kier molecular flexibility index (Phi) is 17.0. The molecule has 0 aromatic rings. The zero-order valence-electron chi connectivity index (χ0n) is 45.3. The molecule has 0 aromatic carbocycles. The van der Waals surface area contributed by atoms with Gasteiger partial charge in [0.25, 0.3) is 0 Å². The summed E-state index contributed by atoms with van der Waals surface area (Å²) in [4.78, 5) is 14.7. The quantitative estimate of drug-likeness (QED) is 0.0569. The van der Waals surface area contributed by atoms with Crippen LogP contribution in [0.1, 0.15) is 113 Å². The van der Waals surface area contributed by atoms with Gasteiger partial charge in [0.15, 0.2) is 18.9 Å². The van der Waals surface area contributed by atoms with Gasteiger partial charge in [0.05, 0.1) is 37.9 Å². The second kappa shape index (κ2) is 21.8. The lowest BCUT2D eigenvalue weighted by atomic mass is 9.33. The van der Waals surface area contributed by atoms with Gasteiger partial charge >= 0.3 is 5.97 Å². The Hall–Kier alpha value is -1.63. The zero-order chi connectivity index (χ0) is 56.3. The molecule has 23 nitrogen and oxygen atoms in total. The SMILES string of the molecule is CC1(C)CC[C@]2(C(=O)O[C@@H]3O[C@H](CO)[C@@H](O)[C@H](O)[C@H]3O)CC[C@]3(C)C(=CCC4[C@@]5(C)CC[C@H](O[C@@H]6O[C@H](CO)[C@@H](O[C@H]7O[C@H](CO)[C@@H](O[C@@H]8O[C@H](CO)[C@@H](O)[C@H](O)[C@H]8O)[C@H](O)[C@H]7O)[C@H](O)[C@H]6O)C(C)(C)C5CC[C@]43C)C2C1. The minimum Gasteiger partial charge on any atom is -0.432 e.